The predicted octanol–water partition coefficient (Wildman–Crippen LogP) is 6.52. The number of aryl methyl sites for hydroxylation is 1. The molecule has 2 heterocycles. The van der Waals surface area contributed by atoms with Gasteiger partial charge in [-0.2, -0.15) is 0 Å². The molecule has 0 amide bonds. The molecule has 0 saturated carbocycles. The Hall–Kier alpha value is -3.96. The molecule has 0 bridgehead atoms. The molecule has 0 aromatic heterocycles. The van der Waals surface area contributed by atoms with E-state index in [1.165, 1.54) is 0 Å². The standard InChI is InChI=1S/C33H33NO4/c1-35-31-18-26-15-16-34-20-28-25(13-14-30(33(28)36-2)37-21-23-9-5-3-6-10-23)17-29(34)27(26)19-32(31)38-22-24-11-7-4-8-12-24/h3-14,18-19,29H,15-17,20-22H2,1-2H3/i16D2. The summed E-state index contributed by atoms with van der Waals surface area (Å²) in [6.07, 6.45) is 0.914. The first kappa shape index (κ1) is 22.1. The lowest BCUT2D eigenvalue weighted by Crippen LogP contribution is -2.39. The maximum Gasteiger partial charge on any atom is 0.165 e. The summed E-state index contributed by atoms with van der Waals surface area (Å²) in [6.45, 7) is -0.260. The summed E-state index contributed by atoms with van der Waals surface area (Å²) >= 11 is 0. The first-order valence-electron chi connectivity index (χ1n) is 14.0. The van der Waals surface area contributed by atoms with Gasteiger partial charge in [-0.25, -0.2) is 0 Å². The van der Waals surface area contributed by atoms with E-state index in [4.69, 9.17) is 21.7 Å². The first-order chi connectivity index (χ1) is 19.5. The zero-order valence-corrected chi connectivity index (χ0v) is 21.8. The van der Waals surface area contributed by atoms with Crippen molar-refractivity contribution in [3.8, 4) is 23.0 Å². The van der Waals surface area contributed by atoms with Gasteiger partial charge in [0.15, 0.2) is 23.0 Å². The Kier molecular flexibility index (Phi) is 6.27. The van der Waals surface area contributed by atoms with Crippen molar-refractivity contribution in [2.75, 3.05) is 20.7 Å². The van der Waals surface area contributed by atoms with Crippen molar-refractivity contribution in [1.29, 1.82) is 0 Å². The van der Waals surface area contributed by atoms with Crippen LogP contribution < -0.4 is 18.9 Å². The van der Waals surface area contributed by atoms with Gasteiger partial charge >= 0.3 is 0 Å². The van der Waals surface area contributed by atoms with Crippen molar-refractivity contribution >= 4 is 0 Å². The molecule has 0 radical (unpaired) electrons. The highest BCUT2D eigenvalue weighted by molar-refractivity contribution is 5.55. The third-order valence-corrected chi connectivity index (χ3v) is 7.37. The van der Waals surface area contributed by atoms with Gasteiger partial charge in [0.1, 0.15) is 13.2 Å². The number of nitrogens with zero attached hydrogens (tertiary/aromatic N) is 1. The minimum Gasteiger partial charge on any atom is -0.493 e. The molecule has 2 aliphatic rings. The average molecular weight is 510 g/mol. The number of rotatable bonds is 8. The lowest BCUT2D eigenvalue weighted by atomic mass is 9.83. The lowest BCUT2D eigenvalue weighted by molar-refractivity contribution is 0.156. The lowest BCUT2D eigenvalue weighted by Gasteiger charge is -2.42. The van der Waals surface area contributed by atoms with E-state index in [2.05, 4.69) is 6.07 Å². The van der Waals surface area contributed by atoms with Gasteiger partial charge in [0, 0.05) is 27.4 Å². The second-order valence-corrected chi connectivity index (χ2v) is 9.67. The summed E-state index contributed by atoms with van der Waals surface area (Å²) < 4.78 is 42.0. The molecular weight excluding hydrogens is 474 g/mol. The molecule has 0 N–H and O–H groups in total. The molecule has 5 nitrogen and oxygen atoms in total. The summed E-state index contributed by atoms with van der Waals surface area (Å²) in [5.74, 6) is 2.63. The van der Waals surface area contributed by atoms with Crippen LogP contribution in [0.5, 0.6) is 23.0 Å². The average Bonchev–Trinajstić information content (AvgIpc) is 2.98. The Morgan fingerprint density at radius 2 is 1.45 bits per heavy atom. The fourth-order valence-corrected chi connectivity index (χ4v) is 5.40. The summed E-state index contributed by atoms with van der Waals surface area (Å²) in [7, 11) is 3.28. The fourth-order valence-electron chi connectivity index (χ4n) is 5.40. The molecule has 0 aliphatic carbocycles. The summed E-state index contributed by atoms with van der Waals surface area (Å²) in [5, 5.41) is 0. The van der Waals surface area contributed by atoms with Gasteiger partial charge in [-0.3, -0.25) is 4.90 Å². The van der Waals surface area contributed by atoms with Crippen molar-refractivity contribution in [3.05, 3.63) is 118 Å². The maximum absolute atomic E-state index is 9.02. The summed E-state index contributed by atoms with van der Waals surface area (Å²) in [6, 6.07) is 28.0. The van der Waals surface area contributed by atoms with E-state index in [1.54, 1.807) is 14.2 Å². The third kappa shape index (κ3) is 4.82. The molecule has 4 aromatic rings. The van der Waals surface area contributed by atoms with Gasteiger partial charge in [0.25, 0.3) is 0 Å². The molecule has 0 spiro atoms. The van der Waals surface area contributed by atoms with Gasteiger partial charge in [-0.05, 0) is 58.9 Å². The van der Waals surface area contributed by atoms with Gasteiger partial charge in [0.2, 0.25) is 0 Å². The van der Waals surface area contributed by atoms with E-state index in [0.29, 0.717) is 49.2 Å². The highest BCUT2D eigenvalue weighted by Gasteiger charge is 2.35. The Morgan fingerprint density at radius 3 is 2.11 bits per heavy atom. The van der Waals surface area contributed by atoms with Crippen molar-refractivity contribution in [2.45, 2.75) is 38.6 Å². The van der Waals surface area contributed by atoms with E-state index < -0.39 is 6.50 Å². The number of ether oxygens (including phenoxy) is 4. The van der Waals surface area contributed by atoms with Crippen LogP contribution in [0.25, 0.3) is 0 Å². The van der Waals surface area contributed by atoms with Crippen molar-refractivity contribution in [1.82, 2.24) is 4.90 Å². The van der Waals surface area contributed by atoms with Crippen LogP contribution in [0.15, 0.2) is 84.9 Å². The monoisotopic (exact) mass is 509 g/mol. The van der Waals surface area contributed by atoms with E-state index in [-0.39, 0.29) is 12.5 Å². The van der Waals surface area contributed by atoms with E-state index in [1.807, 2.05) is 83.8 Å². The Morgan fingerprint density at radius 1 is 0.763 bits per heavy atom. The molecule has 0 fully saturated rings. The smallest absolute Gasteiger partial charge is 0.165 e. The number of hydrogen-bond donors (Lipinski definition) is 0. The van der Waals surface area contributed by atoms with Crippen LogP contribution in [0.2, 0.25) is 0 Å². The van der Waals surface area contributed by atoms with E-state index >= 15 is 0 Å². The summed E-state index contributed by atoms with van der Waals surface area (Å²) in [5.41, 5.74) is 6.29. The van der Waals surface area contributed by atoms with Crippen LogP contribution in [-0.4, -0.2) is 25.6 Å². The van der Waals surface area contributed by atoms with Crippen molar-refractivity contribution in [3.63, 3.8) is 0 Å². The molecule has 4 aromatic carbocycles. The number of hydrogen-bond acceptors (Lipinski definition) is 5. The topological polar surface area (TPSA) is 40.2 Å². The van der Waals surface area contributed by atoms with Crippen LogP contribution in [0.4, 0.5) is 0 Å². The van der Waals surface area contributed by atoms with E-state index in [9.17, 15) is 0 Å². The summed E-state index contributed by atoms with van der Waals surface area (Å²) in [4.78, 5) is 1.95. The maximum atomic E-state index is 9.02. The SMILES string of the molecule is [2H]C1([2H])Cc2cc(OC)c(OCc3ccccc3)cc2C2Cc3ccc(OCc4ccccc4)c(OC)c3CN21. The largest absolute Gasteiger partial charge is 0.493 e. The Bertz CT molecular complexity index is 1490. The number of methoxy groups -OCH3 is 2. The van der Waals surface area contributed by atoms with Crippen LogP contribution in [0, 0.1) is 0 Å². The molecule has 6 rings (SSSR count). The molecule has 2 aliphatic heterocycles. The van der Waals surface area contributed by atoms with Gasteiger partial charge in [0.05, 0.1) is 14.2 Å². The highest BCUT2D eigenvalue weighted by Crippen LogP contribution is 2.46. The number of fused-ring (bicyclic) bond motifs is 4. The highest BCUT2D eigenvalue weighted by atomic mass is 16.5. The van der Waals surface area contributed by atoms with Crippen LogP contribution in [-0.2, 0) is 32.6 Å². The predicted molar refractivity (Wildman–Crippen MR) is 148 cm³/mol. The normalized spacial score (nSPS) is 18.2. The molecule has 1 unspecified atom stereocenters. The molecule has 0 saturated heterocycles. The fraction of sp³-hybridized carbons (Fsp3) is 0.273. The minimum absolute atomic E-state index is 0.142. The Balaban J connectivity index is 1.32. The minimum atomic E-state index is -1.54. The van der Waals surface area contributed by atoms with Crippen molar-refractivity contribution < 1.29 is 21.7 Å². The number of benzene rings is 4. The van der Waals surface area contributed by atoms with Gasteiger partial charge in [-0.1, -0.05) is 66.7 Å². The van der Waals surface area contributed by atoms with Crippen LogP contribution in [0.1, 0.15) is 42.2 Å². The molecule has 5 heteroatoms. The van der Waals surface area contributed by atoms with Crippen LogP contribution in [0.3, 0.4) is 0 Å². The van der Waals surface area contributed by atoms with E-state index in [0.717, 1.165) is 33.4 Å². The van der Waals surface area contributed by atoms with Gasteiger partial charge in [-0.15, -0.1) is 0 Å². The second-order valence-electron chi connectivity index (χ2n) is 9.67. The second kappa shape index (κ2) is 10.8. The van der Waals surface area contributed by atoms with Crippen molar-refractivity contribution in [2.24, 2.45) is 0 Å². The molecule has 1 atom stereocenters. The third-order valence-electron chi connectivity index (χ3n) is 7.37. The first-order valence-corrected chi connectivity index (χ1v) is 13.0. The zero-order valence-electron chi connectivity index (χ0n) is 23.8. The zero-order chi connectivity index (χ0) is 27.7. The van der Waals surface area contributed by atoms with Crippen LogP contribution >= 0.6 is 0 Å². The Labute approximate surface area is 227 Å². The molecular formula is C33H33NO4. The molecule has 38 heavy (non-hydrogen) atoms. The molecule has 194 valence electrons. The van der Waals surface area contributed by atoms with Gasteiger partial charge < -0.3 is 18.9 Å². The quantitative estimate of drug-likeness (QED) is 0.271.